The van der Waals surface area contributed by atoms with Gasteiger partial charge in [-0.25, -0.2) is 0 Å². The number of aromatic nitrogens is 1. The second kappa shape index (κ2) is 5.88. The molecule has 0 amide bonds. The fourth-order valence-electron chi connectivity index (χ4n) is 3.29. The predicted molar refractivity (Wildman–Crippen MR) is 111 cm³/mol. The first kappa shape index (κ1) is 15.9. The molecule has 2 aromatic heterocycles. The van der Waals surface area contributed by atoms with Crippen molar-refractivity contribution in [1.82, 2.24) is 4.57 Å². The largest absolute Gasteiger partial charge is 0.464 e. The number of nitrogens with zero attached hydrogens (tertiary/aromatic N) is 1. The van der Waals surface area contributed by atoms with Gasteiger partial charge in [-0.3, -0.25) is 4.57 Å². The molecule has 2 aromatic carbocycles. The average molecular weight is 496 g/mol. The Bertz CT molecular complexity index is 1130. The molecule has 0 bridgehead atoms. The summed E-state index contributed by atoms with van der Waals surface area (Å²) >= 11 is 14.8. The number of hydrogen-bond donors (Lipinski definition) is 0. The van der Waals surface area contributed by atoms with Crippen LogP contribution in [0.25, 0.3) is 22.2 Å². The highest BCUT2D eigenvalue weighted by molar-refractivity contribution is 9.10. The number of fused-ring (bicyclic) bond motifs is 5. The van der Waals surface area contributed by atoms with Gasteiger partial charge in [-0.15, -0.1) is 11.3 Å². The van der Waals surface area contributed by atoms with Crippen LogP contribution >= 0.6 is 54.8 Å². The van der Waals surface area contributed by atoms with Crippen LogP contribution in [0.15, 0.2) is 63.5 Å². The van der Waals surface area contributed by atoms with Crippen LogP contribution in [0, 0.1) is 0 Å². The average Bonchev–Trinajstić information content (AvgIpc) is 3.17. The van der Waals surface area contributed by atoms with Crippen LogP contribution in [-0.4, -0.2) is 4.57 Å². The van der Waals surface area contributed by atoms with Crippen LogP contribution in [0.4, 0.5) is 0 Å². The van der Waals surface area contributed by atoms with Gasteiger partial charge in [-0.1, -0.05) is 43.5 Å². The van der Waals surface area contributed by atoms with Crippen molar-refractivity contribution in [2.75, 3.05) is 0 Å². The Morgan fingerprint density at radius 1 is 0.960 bits per heavy atom. The van der Waals surface area contributed by atoms with E-state index in [0.29, 0.717) is 0 Å². The maximum Gasteiger partial charge on any atom is 0.212 e. The molecule has 25 heavy (non-hydrogen) atoms. The van der Waals surface area contributed by atoms with Gasteiger partial charge >= 0.3 is 0 Å². The van der Waals surface area contributed by atoms with Crippen molar-refractivity contribution in [1.29, 1.82) is 0 Å². The fraction of sp³-hybridized carbons (Fsp3) is 0.0526. The van der Waals surface area contributed by atoms with E-state index in [4.69, 9.17) is 16.3 Å². The Balaban J connectivity index is 1.83. The van der Waals surface area contributed by atoms with Gasteiger partial charge in [-0.05, 0) is 54.6 Å². The molecule has 4 aromatic rings. The first-order valence-corrected chi connectivity index (χ1v) is 10.4. The molecule has 5 rings (SSSR count). The quantitative estimate of drug-likeness (QED) is 0.267. The van der Waals surface area contributed by atoms with Gasteiger partial charge in [0, 0.05) is 19.9 Å². The van der Waals surface area contributed by atoms with Gasteiger partial charge in [0.25, 0.3) is 0 Å². The fourth-order valence-corrected chi connectivity index (χ4v) is 5.09. The number of thiophene rings is 1. The minimum Gasteiger partial charge on any atom is -0.464 e. The van der Waals surface area contributed by atoms with E-state index >= 15 is 0 Å². The second-order valence-electron chi connectivity index (χ2n) is 5.86. The molecule has 124 valence electrons. The van der Waals surface area contributed by atoms with E-state index in [1.54, 1.807) is 11.3 Å². The molecule has 1 unspecified atom stereocenters. The molecule has 0 N–H and O–H groups in total. The highest BCUT2D eigenvalue weighted by atomic mass is 79.9. The lowest BCUT2D eigenvalue weighted by molar-refractivity contribution is 0.177. The highest BCUT2D eigenvalue weighted by Crippen LogP contribution is 2.46. The molecule has 0 fully saturated rings. The van der Waals surface area contributed by atoms with Crippen molar-refractivity contribution < 1.29 is 4.74 Å². The van der Waals surface area contributed by atoms with Crippen LogP contribution in [-0.2, 0) is 0 Å². The Morgan fingerprint density at radius 2 is 1.76 bits per heavy atom. The number of halogens is 3. The first-order chi connectivity index (χ1) is 12.1. The van der Waals surface area contributed by atoms with E-state index in [2.05, 4.69) is 66.8 Å². The maximum absolute atomic E-state index is 6.41. The molecule has 0 saturated carbocycles. The third kappa shape index (κ3) is 2.56. The zero-order chi connectivity index (χ0) is 17.1. The first-order valence-electron chi connectivity index (χ1n) is 7.62. The molecule has 0 radical (unpaired) electrons. The Hall–Kier alpha value is -1.27. The summed E-state index contributed by atoms with van der Waals surface area (Å²) in [5.41, 5.74) is 3.38. The molecule has 1 aliphatic heterocycles. The number of benzene rings is 2. The van der Waals surface area contributed by atoms with E-state index < -0.39 is 0 Å². The summed E-state index contributed by atoms with van der Waals surface area (Å²) in [4.78, 5) is 1.08. The molecular formula is C19H10Br2ClNOS. The van der Waals surface area contributed by atoms with Crippen LogP contribution in [0.3, 0.4) is 0 Å². The summed E-state index contributed by atoms with van der Waals surface area (Å²) in [5.74, 6) is 0.873. The molecular weight excluding hydrogens is 486 g/mol. The van der Waals surface area contributed by atoms with Gasteiger partial charge in [-0.2, -0.15) is 0 Å². The summed E-state index contributed by atoms with van der Waals surface area (Å²) in [7, 11) is 0. The summed E-state index contributed by atoms with van der Waals surface area (Å²) in [5, 5.41) is 1.18. The minimum atomic E-state index is -0.229. The summed E-state index contributed by atoms with van der Waals surface area (Å²) in [6.45, 7) is 0. The zero-order valence-electron chi connectivity index (χ0n) is 12.7. The zero-order valence-corrected chi connectivity index (χ0v) is 17.4. The SMILES string of the molecule is Clc1ccc(C2Oc3cc(Br)ccc3-c3cc4cc(Br)ccc4n32)s1. The van der Waals surface area contributed by atoms with Crippen LogP contribution < -0.4 is 4.74 Å². The van der Waals surface area contributed by atoms with Crippen molar-refractivity contribution in [2.45, 2.75) is 6.23 Å². The topological polar surface area (TPSA) is 14.2 Å². The third-order valence-electron chi connectivity index (χ3n) is 4.33. The second-order valence-corrected chi connectivity index (χ2v) is 9.43. The Morgan fingerprint density at radius 3 is 2.56 bits per heavy atom. The molecule has 0 aliphatic carbocycles. The Labute approximate surface area is 170 Å². The van der Waals surface area contributed by atoms with Gasteiger partial charge in [0.1, 0.15) is 5.75 Å². The molecule has 1 aliphatic rings. The molecule has 1 atom stereocenters. The molecule has 0 spiro atoms. The lowest BCUT2D eigenvalue weighted by Crippen LogP contribution is -2.21. The van der Waals surface area contributed by atoms with Crippen molar-refractivity contribution in [2.24, 2.45) is 0 Å². The van der Waals surface area contributed by atoms with Crippen LogP contribution in [0.5, 0.6) is 5.75 Å². The molecule has 3 heterocycles. The summed E-state index contributed by atoms with van der Waals surface area (Å²) in [6.07, 6.45) is -0.229. The van der Waals surface area contributed by atoms with Crippen molar-refractivity contribution in [3.8, 4) is 17.0 Å². The molecule has 0 saturated heterocycles. The Kier molecular flexibility index (Phi) is 3.75. The normalized spacial score (nSPS) is 15.7. The molecule has 2 nitrogen and oxygen atoms in total. The maximum atomic E-state index is 6.41. The van der Waals surface area contributed by atoms with Crippen LogP contribution in [0.1, 0.15) is 11.1 Å². The number of ether oxygens (including phenoxy) is 1. The highest BCUT2D eigenvalue weighted by Gasteiger charge is 2.30. The lowest BCUT2D eigenvalue weighted by Gasteiger charge is -2.29. The number of rotatable bonds is 1. The van der Waals surface area contributed by atoms with Crippen molar-refractivity contribution in [3.05, 3.63) is 72.8 Å². The van der Waals surface area contributed by atoms with E-state index in [-0.39, 0.29) is 6.23 Å². The smallest absolute Gasteiger partial charge is 0.212 e. The van der Waals surface area contributed by atoms with Gasteiger partial charge in [0.05, 0.1) is 20.4 Å². The predicted octanol–water partition coefficient (Wildman–Crippen LogP) is 7.49. The summed E-state index contributed by atoms with van der Waals surface area (Å²) in [6, 6.07) is 18.7. The minimum absolute atomic E-state index is 0.229. The monoisotopic (exact) mass is 493 g/mol. The summed E-state index contributed by atoms with van der Waals surface area (Å²) < 4.78 is 11.5. The third-order valence-corrected chi connectivity index (χ3v) is 6.58. The number of hydrogen-bond acceptors (Lipinski definition) is 2. The van der Waals surface area contributed by atoms with E-state index in [0.717, 1.165) is 40.7 Å². The molecule has 6 heteroatoms. The van der Waals surface area contributed by atoms with Crippen molar-refractivity contribution >= 4 is 65.7 Å². The van der Waals surface area contributed by atoms with Gasteiger partial charge < -0.3 is 4.74 Å². The van der Waals surface area contributed by atoms with Gasteiger partial charge in [0.15, 0.2) is 0 Å². The van der Waals surface area contributed by atoms with Crippen molar-refractivity contribution in [3.63, 3.8) is 0 Å². The van der Waals surface area contributed by atoms with Gasteiger partial charge in [0.2, 0.25) is 6.23 Å². The van der Waals surface area contributed by atoms with E-state index in [9.17, 15) is 0 Å². The van der Waals surface area contributed by atoms with E-state index in [1.807, 2.05) is 24.3 Å². The lowest BCUT2D eigenvalue weighted by atomic mass is 10.1. The van der Waals surface area contributed by atoms with Crippen LogP contribution in [0.2, 0.25) is 4.34 Å². The van der Waals surface area contributed by atoms with E-state index in [1.165, 1.54) is 5.39 Å². The standard InChI is InChI=1S/C19H10Br2ClNOS/c20-11-2-4-14-10(7-11)8-15-13-3-1-12(21)9-16(13)24-19(23(14)15)17-5-6-18(22)25-17/h1-9,19H.